The number of esters is 1. The molecule has 0 aromatic heterocycles. The number of rotatable bonds is 17. The van der Waals surface area contributed by atoms with Gasteiger partial charge < -0.3 is 24.8 Å². The fourth-order valence-corrected chi connectivity index (χ4v) is 3.92. The van der Waals surface area contributed by atoms with E-state index >= 15 is 0 Å². The second-order valence-electron chi connectivity index (χ2n) is 8.81. The first kappa shape index (κ1) is 27.3. The minimum Gasteiger partial charge on any atom is -0.457 e. The minimum atomic E-state index is -1.36. The van der Waals surface area contributed by atoms with Gasteiger partial charge in [-0.15, -0.1) is 0 Å². The van der Waals surface area contributed by atoms with Crippen LogP contribution in [0.5, 0.6) is 0 Å². The highest BCUT2D eigenvalue weighted by molar-refractivity contribution is 5.69. The van der Waals surface area contributed by atoms with Gasteiger partial charge >= 0.3 is 5.97 Å². The largest absolute Gasteiger partial charge is 0.457 e. The van der Waals surface area contributed by atoms with Crippen LogP contribution < -0.4 is 0 Å². The van der Waals surface area contributed by atoms with E-state index in [0.29, 0.717) is 6.42 Å². The van der Waals surface area contributed by atoms with Crippen molar-refractivity contribution < 1.29 is 29.6 Å². The molecule has 6 heteroatoms. The zero-order valence-corrected chi connectivity index (χ0v) is 19.1. The van der Waals surface area contributed by atoms with E-state index in [1.165, 1.54) is 77.0 Å². The Hall–Kier alpha value is -0.690. The predicted octanol–water partition coefficient (Wildman–Crippen LogP) is 4.27. The van der Waals surface area contributed by atoms with Crippen molar-refractivity contribution in [1.29, 1.82) is 0 Å². The lowest BCUT2D eigenvalue weighted by molar-refractivity contribution is -0.163. The van der Waals surface area contributed by atoms with Crippen LogP contribution in [0.2, 0.25) is 0 Å². The molecule has 0 unspecified atom stereocenters. The Bertz CT molecular complexity index is 417. The molecule has 1 heterocycles. The van der Waals surface area contributed by atoms with E-state index in [9.17, 15) is 20.1 Å². The summed E-state index contributed by atoms with van der Waals surface area (Å²) >= 11 is 0. The van der Waals surface area contributed by atoms with E-state index in [4.69, 9.17) is 9.47 Å². The number of unbranched alkanes of at least 4 members (excludes halogenated alkanes) is 14. The van der Waals surface area contributed by atoms with Crippen LogP contribution in [0.1, 0.15) is 110 Å². The third kappa shape index (κ3) is 12.9. The number of carbonyl (C=O) groups excluding carboxylic acids is 1. The molecule has 0 bridgehead atoms. The molecule has 1 saturated heterocycles. The fraction of sp³-hybridized carbons (Fsp3) is 0.958. The van der Waals surface area contributed by atoms with Gasteiger partial charge in [0.15, 0.2) is 6.10 Å². The van der Waals surface area contributed by atoms with Gasteiger partial charge in [0.25, 0.3) is 0 Å². The molecule has 30 heavy (non-hydrogen) atoms. The van der Waals surface area contributed by atoms with E-state index in [0.717, 1.165) is 19.3 Å². The zero-order chi connectivity index (χ0) is 22.0. The third-order valence-corrected chi connectivity index (χ3v) is 5.96. The van der Waals surface area contributed by atoms with Crippen LogP contribution in [0.25, 0.3) is 0 Å². The monoisotopic (exact) mass is 430 g/mol. The third-order valence-electron chi connectivity index (χ3n) is 5.96. The van der Waals surface area contributed by atoms with Crippen molar-refractivity contribution in [2.24, 2.45) is 0 Å². The Kier molecular flexibility index (Phi) is 16.3. The molecule has 4 atom stereocenters. The highest BCUT2D eigenvalue weighted by Gasteiger charge is 2.36. The number of hydrogen-bond donors (Lipinski definition) is 3. The average molecular weight is 431 g/mol. The highest BCUT2D eigenvalue weighted by atomic mass is 16.6. The van der Waals surface area contributed by atoms with Crippen LogP contribution in [0.15, 0.2) is 0 Å². The lowest BCUT2D eigenvalue weighted by Gasteiger charge is -2.24. The maximum atomic E-state index is 12.0. The van der Waals surface area contributed by atoms with Gasteiger partial charge in [-0.3, -0.25) is 4.79 Å². The maximum absolute atomic E-state index is 12.0. The van der Waals surface area contributed by atoms with Crippen LogP contribution in [0, 0.1) is 0 Å². The number of aliphatic hydroxyl groups is 3. The van der Waals surface area contributed by atoms with Gasteiger partial charge in [0.2, 0.25) is 0 Å². The summed E-state index contributed by atoms with van der Waals surface area (Å²) in [6, 6.07) is 0. The van der Waals surface area contributed by atoms with E-state index < -0.39 is 24.4 Å². The van der Waals surface area contributed by atoms with Gasteiger partial charge in [-0.05, 0) is 6.42 Å². The van der Waals surface area contributed by atoms with Crippen molar-refractivity contribution in [1.82, 2.24) is 0 Å². The first-order chi connectivity index (χ1) is 14.6. The van der Waals surface area contributed by atoms with E-state index in [1.807, 2.05) is 0 Å². The average Bonchev–Trinajstić information content (AvgIpc) is 2.85. The normalized spacial score (nSPS) is 24.5. The first-order valence-corrected chi connectivity index (χ1v) is 12.4. The standard InChI is InChI=1S/C24H46O6/c1-2-3-4-5-6-7-8-9-10-11-12-13-14-15-16-17-22(26)30-21-19-29-18-20(25)23(27)24(21)28/h20-21,23-25,27-28H,2-19H2,1H3/t20-,21-,23-,24-/m1/s1. The summed E-state index contributed by atoms with van der Waals surface area (Å²) in [7, 11) is 0. The Morgan fingerprint density at radius 2 is 1.20 bits per heavy atom. The smallest absolute Gasteiger partial charge is 0.306 e. The zero-order valence-electron chi connectivity index (χ0n) is 19.1. The second kappa shape index (κ2) is 17.9. The quantitative estimate of drug-likeness (QED) is 0.235. The topological polar surface area (TPSA) is 96.2 Å². The van der Waals surface area contributed by atoms with Crippen molar-refractivity contribution in [2.45, 2.75) is 134 Å². The summed E-state index contributed by atoms with van der Waals surface area (Å²) in [5.41, 5.74) is 0. The lowest BCUT2D eigenvalue weighted by Crippen LogP contribution is -2.45. The molecule has 1 aliphatic heterocycles. The molecule has 3 N–H and O–H groups in total. The van der Waals surface area contributed by atoms with Crippen LogP contribution in [-0.2, 0) is 14.3 Å². The van der Waals surface area contributed by atoms with Crippen molar-refractivity contribution in [3.63, 3.8) is 0 Å². The molecule has 6 nitrogen and oxygen atoms in total. The summed E-state index contributed by atoms with van der Waals surface area (Å²) < 4.78 is 10.4. The highest BCUT2D eigenvalue weighted by Crippen LogP contribution is 2.16. The van der Waals surface area contributed by atoms with Crippen molar-refractivity contribution >= 4 is 5.97 Å². The Morgan fingerprint density at radius 1 is 0.733 bits per heavy atom. The molecular formula is C24H46O6. The van der Waals surface area contributed by atoms with Crippen LogP contribution in [0.4, 0.5) is 0 Å². The predicted molar refractivity (Wildman–Crippen MR) is 118 cm³/mol. The molecule has 0 spiro atoms. The molecule has 0 radical (unpaired) electrons. The molecule has 0 aromatic rings. The first-order valence-electron chi connectivity index (χ1n) is 12.4. The lowest BCUT2D eigenvalue weighted by atomic mass is 10.0. The summed E-state index contributed by atoms with van der Waals surface area (Å²) in [5, 5.41) is 29.3. The van der Waals surface area contributed by atoms with Crippen molar-refractivity contribution in [2.75, 3.05) is 13.2 Å². The van der Waals surface area contributed by atoms with Gasteiger partial charge in [0.05, 0.1) is 13.2 Å². The van der Waals surface area contributed by atoms with E-state index in [2.05, 4.69) is 6.92 Å². The van der Waals surface area contributed by atoms with Gasteiger partial charge in [-0.25, -0.2) is 0 Å². The Balaban J connectivity index is 1.90. The summed E-state index contributed by atoms with van der Waals surface area (Å²) in [5.74, 6) is -0.388. The van der Waals surface area contributed by atoms with Gasteiger partial charge in [-0.1, -0.05) is 96.8 Å². The molecule has 1 rings (SSSR count). The molecule has 0 aromatic carbocycles. The molecule has 0 saturated carbocycles. The van der Waals surface area contributed by atoms with Crippen molar-refractivity contribution in [3.8, 4) is 0 Å². The van der Waals surface area contributed by atoms with E-state index in [1.54, 1.807) is 0 Å². The van der Waals surface area contributed by atoms with Crippen LogP contribution in [0.3, 0.4) is 0 Å². The second-order valence-corrected chi connectivity index (χ2v) is 8.81. The van der Waals surface area contributed by atoms with Gasteiger partial charge in [0, 0.05) is 6.42 Å². The fourth-order valence-electron chi connectivity index (χ4n) is 3.92. The molecule has 178 valence electrons. The number of ether oxygens (including phenoxy) is 2. The molecular weight excluding hydrogens is 384 g/mol. The maximum Gasteiger partial charge on any atom is 0.306 e. The van der Waals surface area contributed by atoms with Crippen molar-refractivity contribution in [3.05, 3.63) is 0 Å². The molecule has 0 amide bonds. The van der Waals surface area contributed by atoms with Crippen LogP contribution in [-0.4, -0.2) is 58.9 Å². The molecule has 0 aliphatic carbocycles. The number of hydrogen-bond acceptors (Lipinski definition) is 6. The van der Waals surface area contributed by atoms with Crippen LogP contribution >= 0.6 is 0 Å². The summed E-state index contributed by atoms with van der Waals surface area (Å²) in [4.78, 5) is 12.0. The number of aliphatic hydroxyl groups excluding tert-OH is 3. The Morgan fingerprint density at radius 3 is 1.70 bits per heavy atom. The van der Waals surface area contributed by atoms with Gasteiger partial charge in [0.1, 0.15) is 18.3 Å². The SMILES string of the molecule is CCCCCCCCCCCCCCCCCC(=O)O[C@@H]1COC[C@@H](O)[C@@H](O)[C@@H]1O. The number of carbonyl (C=O) groups is 1. The summed E-state index contributed by atoms with van der Waals surface area (Å²) in [6.45, 7) is 2.17. The Labute approximate surface area is 183 Å². The van der Waals surface area contributed by atoms with E-state index in [-0.39, 0.29) is 19.2 Å². The van der Waals surface area contributed by atoms with Gasteiger partial charge in [-0.2, -0.15) is 0 Å². The molecule has 1 aliphatic rings. The summed E-state index contributed by atoms with van der Waals surface area (Å²) in [6.07, 6.45) is 14.6. The minimum absolute atomic E-state index is 0.0140. The molecule has 1 fully saturated rings.